The molecule has 1 aromatic heterocycles. The van der Waals surface area contributed by atoms with Crippen molar-refractivity contribution in [3.05, 3.63) is 36.0 Å². The zero-order valence-corrected chi connectivity index (χ0v) is 12.2. The Hall–Kier alpha value is -1.36. The van der Waals surface area contributed by atoms with Crippen molar-refractivity contribution < 1.29 is 14.2 Å². The maximum atomic E-state index is 5.92. The van der Waals surface area contributed by atoms with Crippen LogP contribution >= 0.6 is 11.6 Å². The van der Waals surface area contributed by atoms with E-state index in [4.69, 9.17) is 25.8 Å². The first-order chi connectivity index (χ1) is 9.86. The minimum atomic E-state index is 0.438. The first-order valence-electron chi connectivity index (χ1n) is 6.49. The summed E-state index contributed by atoms with van der Waals surface area (Å²) < 4.78 is 15.9. The first-order valence-corrected chi connectivity index (χ1v) is 7.02. The number of benzene rings is 1. The number of alkyl halides is 1. The summed E-state index contributed by atoms with van der Waals surface area (Å²) in [5, 5.41) is 2.05. The molecule has 0 aliphatic carbocycles. The molecule has 0 unspecified atom stereocenters. The Bertz CT molecular complexity index is 548. The molecule has 108 valence electrons. The summed E-state index contributed by atoms with van der Waals surface area (Å²) in [6.07, 6.45) is 1.76. The second-order valence-corrected chi connectivity index (χ2v) is 4.49. The lowest BCUT2D eigenvalue weighted by atomic mass is 10.1. The van der Waals surface area contributed by atoms with Gasteiger partial charge in [0, 0.05) is 24.6 Å². The van der Waals surface area contributed by atoms with Crippen LogP contribution in [-0.4, -0.2) is 38.5 Å². The van der Waals surface area contributed by atoms with Crippen molar-refractivity contribution in [2.75, 3.05) is 33.5 Å². The van der Waals surface area contributed by atoms with Gasteiger partial charge in [-0.05, 0) is 17.0 Å². The molecule has 0 saturated carbocycles. The highest BCUT2D eigenvalue weighted by molar-refractivity contribution is 6.18. The fourth-order valence-corrected chi connectivity index (χ4v) is 2.10. The number of hydrogen-bond donors (Lipinski definition) is 0. The van der Waals surface area contributed by atoms with Gasteiger partial charge in [-0.3, -0.25) is 0 Å². The second kappa shape index (κ2) is 8.04. The maximum absolute atomic E-state index is 5.92. The molecule has 0 spiro atoms. The molecule has 0 bridgehead atoms. The summed E-state index contributed by atoms with van der Waals surface area (Å²) in [6, 6.07) is 7.95. The quantitative estimate of drug-likeness (QED) is 0.554. The van der Waals surface area contributed by atoms with E-state index in [1.807, 2.05) is 24.3 Å². The predicted octanol–water partition coefficient (Wildman–Crippen LogP) is 3.02. The fourth-order valence-electron chi connectivity index (χ4n) is 1.89. The molecule has 0 radical (unpaired) electrons. The van der Waals surface area contributed by atoms with Crippen molar-refractivity contribution in [2.24, 2.45) is 0 Å². The van der Waals surface area contributed by atoms with E-state index < -0.39 is 0 Å². The Kier molecular flexibility index (Phi) is 6.05. The van der Waals surface area contributed by atoms with Gasteiger partial charge in [0.2, 0.25) is 5.88 Å². The molecule has 0 N–H and O–H groups in total. The minimum absolute atomic E-state index is 0.438. The van der Waals surface area contributed by atoms with Crippen molar-refractivity contribution >= 4 is 22.4 Å². The molecular formula is C15H18ClNO3. The molecule has 0 aliphatic rings. The van der Waals surface area contributed by atoms with E-state index in [1.165, 1.54) is 0 Å². The number of pyridine rings is 1. The smallest absolute Gasteiger partial charge is 0.221 e. The molecule has 0 saturated heterocycles. The average Bonchev–Trinajstić information content (AvgIpc) is 2.50. The van der Waals surface area contributed by atoms with E-state index in [0.717, 1.165) is 16.3 Å². The summed E-state index contributed by atoms with van der Waals surface area (Å²) in [7, 11) is 1.65. The zero-order valence-electron chi connectivity index (χ0n) is 11.5. The zero-order chi connectivity index (χ0) is 14.2. The summed E-state index contributed by atoms with van der Waals surface area (Å²) in [4.78, 5) is 4.32. The van der Waals surface area contributed by atoms with Crippen molar-refractivity contribution in [3.8, 4) is 5.88 Å². The van der Waals surface area contributed by atoms with Gasteiger partial charge < -0.3 is 14.2 Å². The molecular weight excluding hydrogens is 278 g/mol. The predicted molar refractivity (Wildman–Crippen MR) is 79.5 cm³/mol. The van der Waals surface area contributed by atoms with Crippen molar-refractivity contribution in [1.29, 1.82) is 0 Å². The van der Waals surface area contributed by atoms with E-state index in [2.05, 4.69) is 4.98 Å². The van der Waals surface area contributed by atoms with Gasteiger partial charge in [-0.1, -0.05) is 18.2 Å². The Balaban J connectivity index is 2.00. The highest BCUT2D eigenvalue weighted by Crippen LogP contribution is 2.26. The molecule has 1 aromatic carbocycles. The number of nitrogens with zero attached hydrogens (tertiary/aromatic N) is 1. The number of rotatable bonds is 8. The van der Waals surface area contributed by atoms with Crippen LogP contribution in [-0.2, 0) is 15.4 Å². The summed E-state index contributed by atoms with van der Waals surface area (Å²) in [6.45, 7) is 2.13. The van der Waals surface area contributed by atoms with Gasteiger partial charge in [0.25, 0.3) is 0 Å². The minimum Gasteiger partial charge on any atom is -0.475 e. The maximum Gasteiger partial charge on any atom is 0.221 e. The van der Waals surface area contributed by atoms with Gasteiger partial charge in [-0.25, -0.2) is 4.98 Å². The number of halogens is 1. The number of ether oxygens (including phenoxy) is 3. The van der Waals surface area contributed by atoms with Crippen LogP contribution in [0.1, 0.15) is 5.56 Å². The first kappa shape index (κ1) is 15.0. The third-order valence-corrected chi connectivity index (χ3v) is 3.17. The van der Waals surface area contributed by atoms with E-state index >= 15 is 0 Å². The van der Waals surface area contributed by atoms with E-state index in [-0.39, 0.29) is 0 Å². The molecule has 4 nitrogen and oxygen atoms in total. The lowest BCUT2D eigenvalue weighted by Crippen LogP contribution is -2.10. The van der Waals surface area contributed by atoms with Crippen LogP contribution < -0.4 is 4.74 Å². The Morgan fingerprint density at radius 3 is 2.55 bits per heavy atom. The third kappa shape index (κ3) is 3.82. The Labute approximate surface area is 123 Å². The highest BCUT2D eigenvalue weighted by atomic mass is 35.5. The molecule has 0 aliphatic heterocycles. The standard InChI is InChI=1S/C15H18ClNO3/c1-18-6-7-19-8-9-20-15-14-5-3-2-4-13(14)12(10-16)11-17-15/h2-5,11H,6-10H2,1H3. The molecule has 0 atom stereocenters. The second-order valence-electron chi connectivity index (χ2n) is 4.22. The number of methoxy groups -OCH3 is 1. The molecule has 0 amide bonds. The lowest BCUT2D eigenvalue weighted by molar-refractivity contribution is 0.0539. The SMILES string of the molecule is COCCOCCOc1ncc(CCl)c2ccccc12. The van der Waals surface area contributed by atoms with Gasteiger partial charge in [0.15, 0.2) is 0 Å². The summed E-state index contributed by atoms with van der Waals surface area (Å²) >= 11 is 5.92. The van der Waals surface area contributed by atoms with Crippen LogP contribution in [0.2, 0.25) is 0 Å². The fraction of sp³-hybridized carbons (Fsp3) is 0.400. The van der Waals surface area contributed by atoms with Gasteiger partial charge >= 0.3 is 0 Å². The van der Waals surface area contributed by atoms with Crippen molar-refractivity contribution in [1.82, 2.24) is 4.98 Å². The van der Waals surface area contributed by atoms with E-state index in [0.29, 0.717) is 38.2 Å². The lowest BCUT2D eigenvalue weighted by Gasteiger charge is -2.10. The largest absolute Gasteiger partial charge is 0.475 e. The highest BCUT2D eigenvalue weighted by Gasteiger charge is 2.07. The normalized spacial score (nSPS) is 10.9. The summed E-state index contributed by atoms with van der Waals surface area (Å²) in [5.74, 6) is 1.05. The average molecular weight is 296 g/mol. The van der Waals surface area contributed by atoms with Crippen LogP contribution in [0.4, 0.5) is 0 Å². The van der Waals surface area contributed by atoms with Gasteiger partial charge in [-0.15, -0.1) is 11.6 Å². The topological polar surface area (TPSA) is 40.6 Å². The summed E-state index contributed by atoms with van der Waals surface area (Å²) in [5.41, 5.74) is 1.01. The monoisotopic (exact) mass is 295 g/mol. The van der Waals surface area contributed by atoms with Crippen LogP contribution in [0.15, 0.2) is 30.5 Å². The molecule has 5 heteroatoms. The molecule has 2 aromatic rings. The van der Waals surface area contributed by atoms with Gasteiger partial charge in [0.1, 0.15) is 6.61 Å². The van der Waals surface area contributed by atoms with Crippen LogP contribution in [0.5, 0.6) is 5.88 Å². The van der Waals surface area contributed by atoms with Crippen LogP contribution in [0.3, 0.4) is 0 Å². The van der Waals surface area contributed by atoms with E-state index in [9.17, 15) is 0 Å². The Morgan fingerprint density at radius 1 is 1.05 bits per heavy atom. The van der Waals surface area contributed by atoms with Crippen LogP contribution in [0.25, 0.3) is 10.8 Å². The number of aromatic nitrogens is 1. The molecule has 0 fully saturated rings. The van der Waals surface area contributed by atoms with Gasteiger partial charge in [-0.2, -0.15) is 0 Å². The Morgan fingerprint density at radius 2 is 1.80 bits per heavy atom. The third-order valence-electron chi connectivity index (χ3n) is 2.88. The van der Waals surface area contributed by atoms with Crippen molar-refractivity contribution in [2.45, 2.75) is 5.88 Å². The molecule has 2 rings (SSSR count). The number of hydrogen-bond acceptors (Lipinski definition) is 4. The number of fused-ring (bicyclic) bond motifs is 1. The van der Waals surface area contributed by atoms with E-state index in [1.54, 1.807) is 13.3 Å². The van der Waals surface area contributed by atoms with Crippen LogP contribution in [0, 0.1) is 0 Å². The van der Waals surface area contributed by atoms with Crippen molar-refractivity contribution in [3.63, 3.8) is 0 Å². The molecule has 1 heterocycles. The molecule has 20 heavy (non-hydrogen) atoms. The van der Waals surface area contributed by atoms with Gasteiger partial charge in [0.05, 0.1) is 19.8 Å².